The number of nitrogens with one attached hydrogen (secondary N) is 2. The number of Topliss-reactive ketones (excluding diaryl/α,β-unsaturated/α-hetero) is 1. The molecule has 0 aliphatic rings. The van der Waals surface area contributed by atoms with Crippen molar-refractivity contribution in [3.05, 3.63) is 83.4 Å². The van der Waals surface area contributed by atoms with E-state index >= 15 is 0 Å². The normalized spacial score (nSPS) is 11.3. The number of aliphatic carboxylic acids is 1. The second-order valence-electron chi connectivity index (χ2n) is 7.52. The SMILES string of the molecule is CCOc1cc(OCC(=O)c2ccc(OC)cc2)cc(C(Nc2ccc(C(=N)N)cc2)C(=O)O)c1. The summed E-state index contributed by atoms with van der Waals surface area (Å²) in [5.74, 6) is -0.0879. The molecule has 35 heavy (non-hydrogen) atoms. The monoisotopic (exact) mass is 477 g/mol. The molecular formula is C26H27N3O6. The third-order valence-electron chi connectivity index (χ3n) is 5.08. The van der Waals surface area contributed by atoms with E-state index in [4.69, 9.17) is 25.4 Å². The summed E-state index contributed by atoms with van der Waals surface area (Å²) in [6, 6.07) is 16.8. The summed E-state index contributed by atoms with van der Waals surface area (Å²) >= 11 is 0. The summed E-state index contributed by atoms with van der Waals surface area (Å²) in [7, 11) is 1.54. The average Bonchev–Trinajstić information content (AvgIpc) is 2.86. The van der Waals surface area contributed by atoms with Crippen LogP contribution < -0.4 is 25.3 Å². The van der Waals surface area contributed by atoms with E-state index in [1.165, 1.54) is 0 Å². The molecule has 0 saturated heterocycles. The van der Waals surface area contributed by atoms with E-state index in [1.807, 2.05) is 6.92 Å². The standard InChI is InChI=1S/C26H27N3O6/c1-3-34-21-12-18(24(26(31)32)29-19-8-4-17(5-9-19)25(27)28)13-22(14-21)35-15-23(30)16-6-10-20(33-2)11-7-16/h4-14,24,29H,3,15H2,1-2H3,(H3,27,28)(H,31,32). The number of methoxy groups -OCH3 is 1. The van der Waals surface area contributed by atoms with Gasteiger partial charge in [0.15, 0.2) is 18.4 Å². The Morgan fingerprint density at radius 3 is 2.09 bits per heavy atom. The summed E-state index contributed by atoms with van der Waals surface area (Å²) < 4.78 is 16.4. The van der Waals surface area contributed by atoms with E-state index in [-0.39, 0.29) is 18.2 Å². The smallest absolute Gasteiger partial charge is 0.330 e. The van der Waals surface area contributed by atoms with Gasteiger partial charge in [0.25, 0.3) is 0 Å². The molecule has 182 valence electrons. The van der Waals surface area contributed by atoms with Crippen molar-refractivity contribution in [2.45, 2.75) is 13.0 Å². The molecule has 0 aliphatic heterocycles. The van der Waals surface area contributed by atoms with Crippen LogP contribution in [0.3, 0.4) is 0 Å². The van der Waals surface area contributed by atoms with Gasteiger partial charge >= 0.3 is 5.97 Å². The molecule has 3 aromatic carbocycles. The van der Waals surface area contributed by atoms with Crippen LogP contribution in [0.2, 0.25) is 0 Å². The summed E-state index contributed by atoms with van der Waals surface area (Å²) in [4.78, 5) is 24.6. The van der Waals surface area contributed by atoms with E-state index in [9.17, 15) is 14.7 Å². The van der Waals surface area contributed by atoms with Crippen LogP contribution in [0.4, 0.5) is 5.69 Å². The second-order valence-corrected chi connectivity index (χ2v) is 7.52. The predicted molar refractivity (Wildman–Crippen MR) is 132 cm³/mol. The van der Waals surface area contributed by atoms with E-state index < -0.39 is 12.0 Å². The number of nitrogens with two attached hydrogens (primary N) is 1. The molecule has 1 atom stereocenters. The highest BCUT2D eigenvalue weighted by atomic mass is 16.5. The van der Waals surface area contributed by atoms with Crippen LogP contribution in [0.15, 0.2) is 66.7 Å². The Morgan fingerprint density at radius 1 is 0.943 bits per heavy atom. The fourth-order valence-electron chi connectivity index (χ4n) is 3.30. The summed E-state index contributed by atoms with van der Waals surface area (Å²) in [6.07, 6.45) is 0. The lowest BCUT2D eigenvalue weighted by Gasteiger charge is -2.19. The zero-order chi connectivity index (χ0) is 25.4. The Balaban J connectivity index is 1.81. The van der Waals surface area contributed by atoms with Crippen molar-refractivity contribution in [3.63, 3.8) is 0 Å². The number of amidine groups is 1. The van der Waals surface area contributed by atoms with Crippen LogP contribution in [-0.2, 0) is 4.79 Å². The first-order valence-electron chi connectivity index (χ1n) is 10.8. The van der Waals surface area contributed by atoms with E-state index in [0.717, 1.165) is 0 Å². The molecule has 0 saturated carbocycles. The number of carbonyl (C=O) groups is 2. The lowest BCUT2D eigenvalue weighted by atomic mass is 10.0. The van der Waals surface area contributed by atoms with E-state index in [2.05, 4.69) is 5.32 Å². The molecule has 3 rings (SSSR count). The third kappa shape index (κ3) is 6.73. The van der Waals surface area contributed by atoms with Crippen molar-refractivity contribution in [3.8, 4) is 17.2 Å². The van der Waals surface area contributed by atoms with Crippen LogP contribution >= 0.6 is 0 Å². The zero-order valence-corrected chi connectivity index (χ0v) is 19.4. The van der Waals surface area contributed by atoms with Crippen molar-refractivity contribution in [2.75, 3.05) is 25.6 Å². The first-order valence-corrected chi connectivity index (χ1v) is 10.8. The first kappa shape index (κ1) is 25.1. The van der Waals surface area contributed by atoms with E-state index in [1.54, 1.807) is 73.8 Å². The number of hydrogen-bond acceptors (Lipinski definition) is 7. The number of nitrogen functional groups attached to an aromatic ring is 1. The molecule has 0 amide bonds. The molecule has 9 nitrogen and oxygen atoms in total. The van der Waals surface area contributed by atoms with Gasteiger partial charge in [-0.05, 0) is 73.2 Å². The third-order valence-corrected chi connectivity index (χ3v) is 5.08. The van der Waals surface area contributed by atoms with Gasteiger partial charge in [0.1, 0.15) is 23.1 Å². The van der Waals surface area contributed by atoms with Crippen LogP contribution in [0.1, 0.15) is 34.5 Å². The van der Waals surface area contributed by atoms with Crippen molar-refractivity contribution in [1.82, 2.24) is 0 Å². The highest BCUT2D eigenvalue weighted by Crippen LogP contribution is 2.29. The number of anilines is 1. The minimum atomic E-state index is -1.13. The largest absolute Gasteiger partial charge is 0.497 e. The van der Waals surface area contributed by atoms with Gasteiger partial charge in [-0.3, -0.25) is 10.2 Å². The molecular weight excluding hydrogens is 450 g/mol. The molecule has 0 aliphatic carbocycles. The molecule has 1 unspecified atom stereocenters. The summed E-state index contributed by atoms with van der Waals surface area (Å²) in [5.41, 5.74) is 7.38. The van der Waals surface area contributed by atoms with Crippen molar-refractivity contribution >= 4 is 23.3 Å². The minimum absolute atomic E-state index is 0.0817. The van der Waals surface area contributed by atoms with Gasteiger partial charge in [0, 0.05) is 22.9 Å². The molecule has 9 heteroatoms. The lowest BCUT2D eigenvalue weighted by Crippen LogP contribution is -2.21. The number of ether oxygens (including phenoxy) is 3. The molecule has 0 aromatic heterocycles. The molecule has 0 radical (unpaired) electrons. The lowest BCUT2D eigenvalue weighted by molar-refractivity contribution is -0.138. The van der Waals surface area contributed by atoms with Gasteiger partial charge in [-0.2, -0.15) is 0 Å². The van der Waals surface area contributed by atoms with Crippen molar-refractivity contribution in [2.24, 2.45) is 5.73 Å². The Labute approximate surface area is 202 Å². The molecule has 5 N–H and O–H groups in total. The van der Waals surface area contributed by atoms with Crippen molar-refractivity contribution < 1.29 is 28.9 Å². The summed E-state index contributed by atoms with van der Waals surface area (Å²) in [5, 5.41) is 20.3. The Bertz CT molecular complexity index is 1190. The molecule has 0 bridgehead atoms. The second kappa shape index (κ2) is 11.6. The number of carbonyl (C=O) groups excluding carboxylic acids is 1. The van der Waals surface area contributed by atoms with Gasteiger partial charge in [-0.25, -0.2) is 4.79 Å². The first-order chi connectivity index (χ1) is 16.8. The number of ketones is 1. The Kier molecular flexibility index (Phi) is 8.29. The summed E-state index contributed by atoms with van der Waals surface area (Å²) in [6.45, 7) is 1.94. The van der Waals surface area contributed by atoms with Gasteiger partial charge in [0.05, 0.1) is 13.7 Å². The average molecular weight is 478 g/mol. The van der Waals surface area contributed by atoms with Gasteiger partial charge in [-0.1, -0.05) is 0 Å². The highest BCUT2D eigenvalue weighted by Gasteiger charge is 2.22. The van der Waals surface area contributed by atoms with E-state index in [0.29, 0.717) is 46.2 Å². The van der Waals surface area contributed by atoms with Gasteiger partial charge < -0.3 is 30.4 Å². The van der Waals surface area contributed by atoms with Gasteiger partial charge in [0.2, 0.25) is 0 Å². The Morgan fingerprint density at radius 2 is 1.54 bits per heavy atom. The predicted octanol–water partition coefficient (Wildman–Crippen LogP) is 3.88. The van der Waals surface area contributed by atoms with Crippen LogP contribution in [0.5, 0.6) is 17.2 Å². The Hall–Kier alpha value is -4.53. The quantitative estimate of drug-likeness (QED) is 0.175. The van der Waals surface area contributed by atoms with Crippen molar-refractivity contribution in [1.29, 1.82) is 5.41 Å². The van der Waals surface area contributed by atoms with Crippen LogP contribution in [0, 0.1) is 5.41 Å². The molecule has 0 spiro atoms. The highest BCUT2D eigenvalue weighted by molar-refractivity contribution is 5.97. The maximum absolute atomic E-state index is 12.5. The minimum Gasteiger partial charge on any atom is -0.497 e. The molecule has 0 heterocycles. The molecule has 3 aromatic rings. The van der Waals surface area contributed by atoms with Crippen LogP contribution in [-0.4, -0.2) is 43.0 Å². The maximum atomic E-state index is 12.5. The van der Waals surface area contributed by atoms with Crippen LogP contribution in [0.25, 0.3) is 0 Å². The fourth-order valence-corrected chi connectivity index (χ4v) is 3.30. The zero-order valence-electron chi connectivity index (χ0n) is 19.4. The topological polar surface area (TPSA) is 144 Å². The number of hydrogen-bond donors (Lipinski definition) is 4. The van der Waals surface area contributed by atoms with Gasteiger partial charge in [-0.15, -0.1) is 0 Å². The number of benzene rings is 3. The molecule has 0 fully saturated rings. The fraction of sp³-hybridized carbons (Fsp3) is 0.192. The number of rotatable bonds is 12. The number of carboxylic acid groups (broad SMARTS) is 1. The maximum Gasteiger partial charge on any atom is 0.330 e. The number of carboxylic acids is 1.